The number of hydrogen-bond donors (Lipinski definition) is 1. The Bertz CT molecular complexity index is 1460. The van der Waals surface area contributed by atoms with E-state index in [1.54, 1.807) is 32.4 Å². The average Bonchev–Trinajstić information content (AvgIpc) is 3.18. The second kappa shape index (κ2) is 8.63. The van der Waals surface area contributed by atoms with E-state index in [0.717, 1.165) is 22.0 Å². The minimum absolute atomic E-state index is 0.180. The maximum absolute atomic E-state index is 12.2. The van der Waals surface area contributed by atoms with E-state index in [4.69, 9.17) is 13.9 Å². The maximum Gasteiger partial charge on any atom is 0.255 e. The fraction of sp³-hybridized carbons (Fsp3) is 0.115. The van der Waals surface area contributed by atoms with Crippen molar-refractivity contribution >= 4 is 27.8 Å². The molecule has 5 rings (SSSR count). The standard InChI is InChI=1S/C26H21N3O4/c1-16-25(26(30)27-2)21-9-7-19(14-24(21)32-16)33-23-10-12-29-22-13-18(6-8-20(22)23)31-15-17-5-3-4-11-28-17/h3-14H,15H2,1-2H3,(H,27,30). The normalized spacial score (nSPS) is 11.0. The van der Waals surface area contributed by atoms with Gasteiger partial charge in [0.05, 0.1) is 16.8 Å². The number of ether oxygens (including phenoxy) is 2. The molecule has 0 saturated heterocycles. The van der Waals surface area contributed by atoms with Crippen LogP contribution in [-0.4, -0.2) is 22.9 Å². The van der Waals surface area contributed by atoms with Crippen molar-refractivity contribution < 1.29 is 18.7 Å². The Balaban J connectivity index is 1.40. The molecule has 7 nitrogen and oxygen atoms in total. The molecule has 0 saturated carbocycles. The van der Waals surface area contributed by atoms with Crippen molar-refractivity contribution in [3.8, 4) is 17.2 Å². The first kappa shape index (κ1) is 20.5. The van der Waals surface area contributed by atoms with Crippen molar-refractivity contribution in [2.24, 2.45) is 0 Å². The van der Waals surface area contributed by atoms with Crippen molar-refractivity contribution in [1.29, 1.82) is 0 Å². The predicted octanol–water partition coefficient (Wildman–Crippen LogP) is 5.42. The molecule has 3 aromatic heterocycles. The first-order valence-electron chi connectivity index (χ1n) is 10.5. The number of carbonyl (C=O) groups is 1. The molecule has 0 radical (unpaired) electrons. The summed E-state index contributed by atoms with van der Waals surface area (Å²) in [6, 6.07) is 18.6. The Morgan fingerprint density at radius 2 is 1.82 bits per heavy atom. The summed E-state index contributed by atoms with van der Waals surface area (Å²) in [5.74, 6) is 2.34. The van der Waals surface area contributed by atoms with Gasteiger partial charge in [0.2, 0.25) is 0 Å². The SMILES string of the molecule is CNC(=O)c1c(C)oc2cc(Oc3ccnc4cc(OCc5ccccn5)ccc34)ccc12. The molecule has 0 fully saturated rings. The quantitative estimate of drug-likeness (QED) is 0.380. The maximum atomic E-state index is 12.2. The van der Waals surface area contributed by atoms with Crippen molar-refractivity contribution in [3.05, 3.63) is 90.1 Å². The molecule has 0 aliphatic carbocycles. The van der Waals surface area contributed by atoms with Crippen LogP contribution in [0.3, 0.4) is 0 Å². The molecule has 1 amide bonds. The number of aryl methyl sites for hydroxylation is 1. The van der Waals surface area contributed by atoms with Crippen LogP contribution in [0.1, 0.15) is 21.8 Å². The van der Waals surface area contributed by atoms with Gasteiger partial charge in [-0.15, -0.1) is 0 Å². The summed E-state index contributed by atoms with van der Waals surface area (Å²) in [7, 11) is 1.60. The van der Waals surface area contributed by atoms with Crippen LogP contribution in [0.4, 0.5) is 0 Å². The third-order valence-electron chi connectivity index (χ3n) is 5.31. The molecule has 33 heavy (non-hydrogen) atoms. The van der Waals surface area contributed by atoms with Crippen molar-refractivity contribution in [3.63, 3.8) is 0 Å². The van der Waals surface area contributed by atoms with Gasteiger partial charge in [-0.1, -0.05) is 6.07 Å². The Kier molecular flexibility index (Phi) is 5.36. The van der Waals surface area contributed by atoms with E-state index in [0.29, 0.717) is 40.8 Å². The van der Waals surface area contributed by atoms with E-state index < -0.39 is 0 Å². The van der Waals surface area contributed by atoms with E-state index in [9.17, 15) is 4.79 Å². The second-order valence-electron chi connectivity index (χ2n) is 7.47. The van der Waals surface area contributed by atoms with E-state index in [1.165, 1.54) is 0 Å². The van der Waals surface area contributed by atoms with Gasteiger partial charge in [-0.05, 0) is 49.4 Å². The lowest BCUT2D eigenvalue weighted by Crippen LogP contribution is -2.18. The summed E-state index contributed by atoms with van der Waals surface area (Å²) in [6.45, 7) is 2.15. The smallest absolute Gasteiger partial charge is 0.255 e. The number of nitrogens with zero attached hydrogens (tertiary/aromatic N) is 2. The highest BCUT2D eigenvalue weighted by Crippen LogP contribution is 2.34. The highest BCUT2D eigenvalue weighted by molar-refractivity contribution is 6.07. The van der Waals surface area contributed by atoms with Crippen LogP contribution in [0.5, 0.6) is 17.2 Å². The summed E-state index contributed by atoms with van der Waals surface area (Å²) < 4.78 is 17.8. The minimum Gasteiger partial charge on any atom is -0.487 e. The number of fused-ring (bicyclic) bond motifs is 2. The first-order valence-corrected chi connectivity index (χ1v) is 10.5. The molecule has 164 valence electrons. The molecule has 0 atom stereocenters. The molecule has 0 unspecified atom stereocenters. The fourth-order valence-corrected chi connectivity index (χ4v) is 3.72. The molecule has 0 spiro atoms. The average molecular weight is 439 g/mol. The van der Waals surface area contributed by atoms with Crippen molar-refractivity contribution in [2.45, 2.75) is 13.5 Å². The first-order chi connectivity index (χ1) is 16.1. The van der Waals surface area contributed by atoms with E-state index in [-0.39, 0.29) is 5.91 Å². The monoisotopic (exact) mass is 439 g/mol. The lowest BCUT2D eigenvalue weighted by atomic mass is 10.1. The number of carbonyl (C=O) groups excluding carboxylic acids is 1. The Morgan fingerprint density at radius 3 is 2.64 bits per heavy atom. The number of benzene rings is 2. The zero-order chi connectivity index (χ0) is 22.8. The highest BCUT2D eigenvalue weighted by Gasteiger charge is 2.18. The molecule has 7 heteroatoms. The summed E-state index contributed by atoms with van der Waals surface area (Å²) in [5, 5.41) is 4.24. The van der Waals surface area contributed by atoms with Crippen LogP contribution < -0.4 is 14.8 Å². The fourth-order valence-electron chi connectivity index (χ4n) is 3.72. The van der Waals surface area contributed by atoms with Gasteiger partial charge in [-0.25, -0.2) is 0 Å². The van der Waals surface area contributed by atoms with Gasteiger partial charge in [-0.2, -0.15) is 0 Å². The van der Waals surface area contributed by atoms with E-state index in [2.05, 4.69) is 15.3 Å². The van der Waals surface area contributed by atoms with Gasteiger partial charge >= 0.3 is 0 Å². The largest absolute Gasteiger partial charge is 0.487 e. The zero-order valence-corrected chi connectivity index (χ0v) is 18.2. The zero-order valence-electron chi connectivity index (χ0n) is 18.2. The lowest BCUT2D eigenvalue weighted by Gasteiger charge is -2.10. The van der Waals surface area contributed by atoms with E-state index >= 15 is 0 Å². The number of amides is 1. The van der Waals surface area contributed by atoms with Crippen LogP contribution in [0, 0.1) is 6.92 Å². The molecule has 1 N–H and O–H groups in total. The number of pyridine rings is 2. The molecule has 0 aliphatic rings. The number of furan rings is 1. The van der Waals surface area contributed by atoms with E-state index in [1.807, 2.05) is 54.6 Å². The van der Waals surface area contributed by atoms with Crippen LogP contribution in [0.2, 0.25) is 0 Å². The van der Waals surface area contributed by atoms with Gasteiger partial charge in [0.1, 0.15) is 35.2 Å². The Morgan fingerprint density at radius 1 is 0.970 bits per heavy atom. The summed E-state index contributed by atoms with van der Waals surface area (Å²) in [5.41, 5.74) is 2.73. The van der Waals surface area contributed by atoms with Crippen molar-refractivity contribution in [1.82, 2.24) is 15.3 Å². The molecule has 0 aliphatic heterocycles. The predicted molar refractivity (Wildman–Crippen MR) is 125 cm³/mol. The van der Waals surface area contributed by atoms with Crippen LogP contribution in [-0.2, 0) is 6.61 Å². The molecule has 0 bridgehead atoms. The number of aromatic nitrogens is 2. The summed E-state index contributed by atoms with van der Waals surface area (Å²) in [4.78, 5) is 20.9. The third-order valence-corrected chi connectivity index (χ3v) is 5.31. The van der Waals surface area contributed by atoms with Gasteiger partial charge in [0, 0.05) is 42.3 Å². The van der Waals surface area contributed by atoms with Crippen LogP contribution in [0.25, 0.3) is 21.9 Å². The van der Waals surface area contributed by atoms with Crippen molar-refractivity contribution in [2.75, 3.05) is 7.05 Å². The van der Waals surface area contributed by atoms with Gasteiger partial charge in [0.25, 0.3) is 5.91 Å². The van der Waals surface area contributed by atoms with Gasteiger partial charge in [0.15, 0.2) is 0 Å². The number of hydrogen-bond acceptors (Lipinski definition) is 6. The Hall–Kier alpha value is -4.39. The van der Waals surface area contributed by atoms with Gasteiger partial charge in [-0.3, -0.25) is 14.8 Å². The minimum atomic E-state index is -0.180. The van der Waals surface area contributed by atoms with Crippen LogP contribution >= 0.6 is 0 Å². The molecule has 2 aromatic carbocycles. The van der Waals surface area contributed by atoms with Crippen LogP contribution in [0.15, 0.2) is 77.5 Å². The molecular formula is C26H21N3O4. The molecule has 3 heterocycles. The number of nitrogens with one attached hydrogen (secondary N) is 1. The third kappa shape index (κ3) is 4.08. The topological polar surface area (TPSA) is 86.5 Å². The van der Waals surface area contributed by atoms with Gasteiger partial charge < -0.3 is 19.2 Å². The number of rotatable bonds is 6. The highest BCUT2D eigenvalue weighted by atomic mass is 16.5. The molecular weight excluding hydrogens is 418 g/mol. The molecule has 5 aromatic rings. The summed E-state index contributed by atoms with van der Waals surface area (Å²) in [6.07, 6.45) is 3.43. The Labute approximate surface area is 190 Å². The lowest BCUT2D eigenvalue weighted by molar-refractivity contribution is 0.0963. The summed E-state index contributed by atoms with van der Waals surface area (Å²) >= 11 is 0. The second-order valence-corrected chi connectivity index (χ2v) is 7.47.